The van der Waals surface area contributed by atoms with Crippen molar-refractivity contribution < 1.29 is 0 Å². The first-order valence-corrected chi connectivity index (χ1v) is 5.92. The molecule has 0 fully saturated rings. The van der Waals surface area contributed by atoms with Crippen LogP contribution in [0.25, 0.3) is 0 Å². The molecule has 1 aliphatic carbocycles. The second-order valence-corrected chi connectivity index (χ2v) is 4.99. The summed E-state index contributed by atoms with van der Waals surface area (Å²) in [6.45, 7) is 0. The molecule has 11 heavy (non-hydrogen) atoms. The minimum atomic E-state index is 1.22. The fourth-order valence-electron chi connectivity index (χ4n) is 1.36. The number of rotatable bonds is 0. The smallest absolute Gasteiger partial charge is 0.00518 e. The molecule has 0 atom stereocenters. The van der Waals surface area contributed by atoms with Gasteiger partial charge in [-0.1, -0.05) is 51.1 Å². The molecule has 0 amide bonds. The van der Waals surface area contributed by atoms with Crippen LogP contribution >= 0.6 is 31.9 Å². The Labute approximate surface area is 85.7 Å². The zero-order chi connectivity index (χ0) is 8.10. The summed E-state index contributed by atoms with van der Waals surface area (Å²) in [7, 11) is 0. The lowest BCUT2D eigenvalue weighted by molar-refractivity contribution is 0.631. The predicted octanol–water partition coefficient (Wildman–Crippen LogP) is 4.73. The van der Waals surface area contributed by atoms with E-state index in [9.17, 15) is 0 Å². The van der Waals surface area contributed by atoms with E-state index in [0.29, 0.717) is 0 Å². The van der Waals surface area contributed by atoms with E-state index in [-0.39, 0.29) is 0 Å². The van der Waals surface area contributed by atoms with Crippen LogP contribution in [0.3, 0.4) is 0 Å². The third-order valence-electron chi connectivity index (χ3n) is 2.09. The van der Waals surface area contributed by atoms with Crippen molar-refractivity contribution in [3.8, 4) is 0 Å². The van der Waals surface area contributed by atoms with Gasteiger partial charge in [0.25, 0.3) is 0 Å². The van der Waals surface area contributed by atoms with Gasteiger partial charge >= 0.3 is 0 Å². The molecule has 1 aliphatic rings. The highest BCUT2D eigenvalue weighted by Crippen LogP contribution is 2.29. The molecule has 0 heterocycles. The van der Waals surface area contributed by atoms with Gasteiger partial charge in [0.2, 0.25) is 0 Å². The normalized spacial score (nSPS) is 28.9. The van der Waals surface area contributed by atoms with E-state index in [1.165, 1.54) is 53.9 Å². The Morgan fingerprint density at radius 1 is 0.636 bits per heavy atom. The van der Waals surface area contributed by atoms with E-state index in [2.05, 4.69) is 31.9 Å². The summed E-state index contributed by atoms with van der Waals surface area (Å²) < 4.78 is 2.78. The molecule has 0 saturated carbocycles. The van der Waals surface area contributed by atoms with Crippen LogP contribution in [-0.4, -0.2) is 0 Å². The maximum atomic E-state index is 3.61. The van der Waals surface area contributed by atoms with Crippen LogP contribution in [0, 0.1) is 0 Å². The van der Waals surface area contributed by atoms with Crippen LogP contribution in [0.1, 0.15) is 44.9 Å². The molecule has 0 bridgehead atoms. The summed E-state index contributed by atoms with van der Waals surface area (Å²) in [6.07, 6.45) is 9.35. The summed E-state index contributed by atoms with van der Waals surface area (Å²) in [5, 5.41) is 0. The van der Waals surface area contributed by atoms with Gasteiger partial charge in [0, 0.05) is 8.96 Å². The van der Waals surface area contributed by atoms with Crippen molar-refractivity contribution in [2.24, 2.45) is 0 Å². The summed E-state index contributed by atoms with van der Waals surface area (Å²) in [4.78, 5) is 0. The van der Waals surface area contributed by atoms with Gasteiger partial charge in [0.1, 0.15) is 0 Å². The first kappa shape index (κ1) is 9.79. The zero-order valence-electron chi connectivity index (χ0n) is 6.71. The minimum absolute atomic E-state index is 1.22. The van der Waals surface area contributed by atoms with Crippen LogP contribution in [0.5, 0.6) is 0 Å². The molecule has 0 spiro atoms. The fourth-order valence-corrected chi connectivity index (χ4v) is 2.32. The van der Waals surface area contributed by atoms with Crippen molar-refractivity contribution in [3.05, 3.63) is 8.96 Å². The number of hydrogen-bond donors (Lipinski definition) is 0. The molecule has 0 radical (unpaired) electrons. The first-order chi connectivity index (χ1) is 5.30. The molecule has 64 valence electrons. The molecule has 0 nitrogen and oxygen atoms in total. The van der Waals surface area contributed by atoms with Crippen LogP contribution in [0.4, 0.5) is 0 Å². The molecule has 0 aromatic rings. The summed E-state index contributed by atoms with van der Waals surface area (Å²) in [5.41, 5.74) is 0. The standard InChI is InChI=1S/C9H14Br2/c10-8-6-4-2-1-3-5-7-9(8)11/h1-7H2/b9-8-. The second-order valence-electron chi connectivity index (χ2n) is 3.08. The quantitative estimate of drug-likeness (QED) is 0.602. The molecule has 1 rings (SSSR count). The largest absolute Gasteiger partial charge is 0.0548 e. The van der Waals surface area contributed by atoms with E-state index in [1.807, 2.05) is 0 Å². The summed E-state index contributed by atoms with van der Waals surface area (Å²) in [6, 6.07) is 0. The average Bonchev–Trinajstić information content (AvgIpc) is 2.07. The van der Waals surface area contributed by atoms with Gasteiger partial charge in [-0.05, 0) is 25.7 Å². The van der Waals surface area contributed by atoms with Crippen molar-refractivity contribution >= 4 is 31.9 Å². The monoisotopic (exact) mass is 280 g/mol. The first-order valence-electron chi connectivity index (χ1n) is 4.34. The lowest BCUT2D eigenvalue weighted by atomic mass is 10.1. The molecule has 0 aliphatic heterocycles. The number of hydrogen-bond acceptors (Lipinski definition) is 0. The van der Waals surface area contributed by atoms with Crippen LogP contribution < -0.4 is 0 Å². The van der Waals surface area contributed by atoms with Crippen LogP contribution in [-0.2, 0) is 0 Å². The maximum Gasteiger partial charge on any atom is 0.00518 e. The third-order valence-corrected chi connectivity index (χ3v) is 4.37. The zero-order valence-corrected chi connectivity index (χ0v) is 9.88. The third kappa shape index (κ3) is 3.75. The highest BCUT2D eigenvalue weighted by atomic mass is 79.9. The second kappa shape index (κ2) is 5.36. The van der Waals surface area contributed by atoms with E-state index in [0.717, 1.165) is 0 Å². The Kier molecular flexibility index (Phi) is 4.77. The highest BCUT2D eigenvalue weighted by Gasteiger charge is 2.03. The number of halogens is 2. The maximum absolute atomic E-state index is 3.61. The topological polar surface area (TPSA) is 0 Å². The van der Waals surface area contributed by atoms with Gasteiger partial charge in [0.15, 0.2) is 0 Å². The Morgan fingerprint density at radius 3 is 1.45 bits per heavy atom. The molecule has 0 saturated heterocycles. The Hall–Kier alpha value is 0.700. The lowest BCUT2D eigenvalue weighted by Crippen LogP contribution is -1.77. The van der Waals surface area contributed by atoms with Crippen molar-refractivity contribution in [2.75, 3.05) is 0 Å². The van der Waals surface area contributed by atoms with E-state index < -0.39 is 0 Å². The molecule has 0 aromatic carbocycles. The van der Waals surface area contributed by atoms with Gasteiger partial charge in [-0.3, -0.25) is 0 Å². The predicted molar refractivity (Wildman–Crippen MR) is 57.2 cm³/mol. The molecular formula is C9H14Br2. The summed E-state index contributed by atoms with van der Waals surface area (Å²) in [5.74, 6) is 0. The van der Waals surface area contributed by atoms with E-state index >= 15 is 0 Å². The summed E-state index contributed by atoms with van der Waals surface area (Å²) >= 11 is 7.21. The lowest BCUT2D eigenvalue weighted by Gasteiger charge is -2.00. The van der Waals surface area contributed by atoms with Gasteiger partial charge in [-0.25, -0.2) is 0 Å². The highest BCUT2D eigenvalue weighted by molar-refractivity contribution is 9.14. The SMILES string of the molecule is Br/C1=C(\Br)CCCCCCC1. The van der Waals surface area contributed by atoms with Crippen molar-refractivity contribution in [1.29, 1.82) is 0 Å². The minimum Gasteiger partial charge on any atom is -0.0548 e. The van der Waals surface area contributed by atoms with E-state index in [1.54, 1.807) is 0 Å². The molecule has 0 unspecified atom stereocenters. The van der Waals surface area contributed by atoms with Gasteiger partial charge < -0.3 is 0 Å². The Bertz CT molecular complexity index is 134. The average molecular weight is 282 g/mol. The van der Waals surface area contributed by atoms with Crippen molar-refractivity contribution in [3.63, 3.8) is 0 Å². The van der Waals surface area contributed by atoms with Gasteiger partial charge in [-0.2, -0.15) is 0 Å². The fraction of sp³-hybridized carbons (Fsp3) is 0.778. The van der Waals surface area contributed by atoms with Crippen molar-refractivity contribution in [1.82, 2.24) is 0 Å². The van der Waals surface area contributed by atoms with Gasteiger partial charge in [0.05, 0.1) is 0 Å². The van der Waals surface area contributed by atoms with Crippen LogP contribution in [0.15, 0.2) is 8.96 Å². The van der Waals surface area contributed by atoms with Crippen molar-refractivity contribution in [2.45, 2.75) is 44.9 Å². The molecule has 2 heteroatoms. The van der Waals surface area contributed by atoms with E-state index in [4.69, 9.17) is 0 Å². The molecule has 0 N–H and O–H groups in total. The molecular weight excluding hydrogens is 268 g/mol. The Morgan fingerprint density at radius 2 is 1.00 bits per heavy atom. The Balaban J connectivity index is 2.47. The molecule has 0 aromatic heterocycles. The van der Waals surface area contributed by atoms with Gasteiger partial charge in [-0.15, -0.1) is 0 Å². The number of allylic oxidation sites excluding steroid dienone is 2. The van der Waals surface area contributed by atoms with Crippen LogP contribution in [0.2, 0.25) is 0 Å².